The Bertz CT molecular complexity index is 521. The van der Waals surface area contributed by atoms with E-state index < -0.39 is 6.04 Å². The van der Waals surface area contributed by atoms with Crippen LogP contribution in [-0.2, 0) is 16.1 Å². The summed E-state index contributed by atoms with van der Waals surface area (Å²) in [6, 6.07) is 4.12. The summed E-state index contributed by atoms with van der Waals surface area (Å²) in [5, 5.41) is 2.63. The van der Waals surface area contributed by atoms with Gasteiger partial charge in [0.2, 0.25) is 11.8 Å². The first kappa shape index (κ1) is 14.0. The molecule has 6 heteroatoms. The molecule has 4 nitrogen and oxygen atoms in total. The Labute approximate surface area is 119 Å². The number of carbonyl (C=O) groups excluding carboxylic acids is 2. The number of hydrogen-bond donors (Lipinski definition) is 1. The van der Waals surface area contributed by atoms with Gasteiger partial charge in [-0.1, -0.05) is 6.07 Å². The zero-order valence-corrected chi connectivity index (χ0v) is 12.0. The van der Waals surface area contributed by atoms with Gasteiger partial charge in [0, 0.05) is 19.5 Å². The second-order valence-corrected chi connectivity index (χ2v) is 5.40. The molecule has 0 aliphatic carbocycles. The highest BCUT2D eigenvalue weighted by Gasteiger charge is 2.26. The van der Waals surface area contributed by atoms with E-state index >= 15 is 0 Å². The van der Waals surface area contributed by atoms with Crippen molar-refractivity contribution in [2.75, 3.05) is 6.54 Å². The summed E-state index contributed by atoms with van der Waals surface area (Å²) in [5.74, 6) is -0.578. The lowest BCUT2D eigenvalue weighted by molar-refractivity contribution is -0.133. The van der Waals surface area contributed by atoms with Crippen LogP contribution in [0, 0.1) is 5.82 Å². The predicted octanol–water partition coefficient (Wildman–Crippen LogP) is 1.83. The molecule has 2 rings (SSSR count). The highest BCUT2D eigenvalue weighted by Crippen LogP contribution is 2.18. The van der Waals surface area contributed by atoms with Crippen molar-refractivity contribution in [1.29, 1.82) is 0 Å². The summed E-state index contributed by atoms with van der Waals surface area (Å²) >= 11 is 3.12. The Morgan fingerprint density at radius 3 is 2.89 bits per heavy atom. The zero-order valence-electron chi connectivity index (χ0n) is 10.5. The second-order valence-electron chi connectivity index (χ2n) is 4.55. The van der Waals surface area contributed by atoms with Gasteiger partial charge in [0.25, 0.3) is 0 Å². The Kier molecular flexibility index (Phi) is 4.19. The van der Waals surface area contributed by atoms with Crippen molar-refractivity contribution < 1.29 is 14.0 Å². The molecule has 102 valence electrons. The number of nitrogens with one attached hydrogen (secondary N) is 1. The minimum Gasteiger partial charge on any atom is -0.345 e. The lowest BCUT2D eigenvalue weighted by atomic mass is 10.2. The third kappa shape index (κ3) is 3.32. The number of nitrogens with zero attached hydrogens (tertiary/aromatic N) is 1. The second kappa shape index (κ2) is 5.69. The van der Waals surface area contributed by atoms with E-state index in [1.807, 2.05) is 0 Å². The molecule has 0 bridgehead atoms. The largest absolute Gasteiger partial charge is 0.345 e. The molecule has 1 saturated heterocycles. The molecule has 1 atom stereocenters. The van der Waals surface area contributed by atoms with Crippen LogP contribution in [0.25, 0.3) is 0 Å². The first-order chi connectivity index (χ1) is 8.97. The van der Waals surface area contributed by atoms with Crippen LogP contribution in [0.2, 0.25) is 0 Å². The van der Waals surface area contributed by atoms with Crippen LogP contribution in [-0.4, -0.2) is 29.3 Å². The van der Waals surface area contributed by atoms with E-state index in [0.717, 1.165) is 5.56 Å². The molecule has 2 amide bonds. The highest BCUT2D eigenvalue weighted by atomic mass is 79.9. The van der Waals surface area contributed by atoms with Gasteiger partial charge in [0.1, 0.15) is 11.9 Å². The van der Waals surface area contributed by atoms with E-state index in [-0.39, 0.29) is 17.6 Å². The van der Waals surface area contributed by atoms with Gasteiger partial charge in [-0.3, -0.25) is 9.59 Å². The van der Waals surface area contributed by atoms with Gasteiger partial charge in [-0.15, -0.1) is 0 Å². The summed E-state index contributed by atoms with van der Waals surface area (Å²) in [5.41, 5.74) is 0.822. The maximum absolute atomic E-state index is 13.2. The van der Waals surface area contributed by atoms with Crippen LogP contribution >= 0.6 is 15.9 Å². The van der Waals surface area contributed by atoms with Crippen molar-refractivity contribution in [2.24, 2.45) is 0 Å². The molecule has 0 aromatic heterocycles. The van der Waals surface area contributed by atoms with Crippen LogP contribution in [0.4, 0.5) is 4.39 Å². The first-order valence-corrected chi connectivity index (χ1v) is 6.79. The standard InChI is InChI=1S/C13H14BrFN2O2/c1-8-13(19)17(5-4-12(18)16-8)7-9-2-3-11(15)10(14)6-9/h2-3,6,8H,4-5,7H2,1H3,(H,16,18). The van der Waals surface area contributed by atoms with Gasteiger partial charge in [-0.05, 0) is 40.5 Å². The fourth-order valence-electron chi connectivity index (χ4n) is 2.01. The lowest BCUT2D eigenvalue weighted by Gasteiger charge is -2.22. The molecule has 1 aliphatic rings. The molecule has 0 saturated carbocycles. The van der Waals surface area contributed by atoms with E-state index in [1.165, 1.54) is 6.07 Å². The molecular weight excluding hydrogens is 315 g/mol. The van der Waals surface area contributed by atoms with Gasteiger partial charge in [-0.2, -0.15) is 0 Å². The number of benzene rings is 1. The van der Waals surface area contributed by atoms with Gasteiger partial charge >= 0.3 is 0 Å². The maximum Gasteiger partial charge on any atom is 0.245 e. The molecule has 19 heavy (non-hydrogen) atoms. The fraction of sp³-hybridized carbons (Fsp3) is 0.385. The number of halogens is 2. The molecule has 1 heterocycles. The minimum atomic E-state index is -0.515. The van der Waals surface area contributed by atoms with E-state index in [4.69, 9.17) is 0 Å². The summed E-state index contributed by atoms with van der Waals surface area (Å²) in [6.07, 6.45) is 0.290. The van der Waals surface area contributed by atoms with Crippen molar-refractivity contribution in [3.63, 3.8) is 0 Å². The highest BCUT2D eigenvalue weighted by molar-refractivity contribution is 9.10. The monoisotopic (exact) mass is 328 g/mol. The smallest absolute Gasteiger partial charge is 0.245 e. The first-order valence-electron chi connectivity index (χ1n) is 5.99. The number of hydrogen-bond acceptors (Lipinski definition) is 2. The van der Waals surface area contributed by atoms with E-state index in [9.17, 15) is 14.0 Å². The van der Waals surface area contributed by atoms with Crippen molar-refractivity contribution in [2.45, 2.75) is 25.9 Å². The van der Waals surface area contributed by atoms with Crippen molar-refractivity contribution >= 4 is 27.7 Å². The van der Waals surface area contributed by atoms with Crippen LogP contribution in [0.3, 0.4) is 0 Å². The van der Waals surface area contributed by atoms with Crippen LogP contribution in [0.1, 0.15) is 18.9 Å². The fourth-order valence-corrected chi connectivity index (χ4v) is 2.44. The van der Waals surface area contributed by atoms with E-state index in [0.29, 0.717) is 24.0 Å². The molecule has 1 fully saturated rings. The van der Waals surface area contributed by atoms with Crippen LogP contribution < -0.4 is 5.32 Å². The summed E-state index contributed by atoms with van der Waals surface area (Å²) in [7, 11) is 0. The molecule has 1 aromatic rings. The topological polar surface area (TPSA) is 49.4 Å². The number of rotatable bonds is 2. The average Bonchev–Trinajstić information content (AvgIpc) is 2.47. The molecule has 0 radical (unpaired) electrons. The molecule has 1 N–H and O–H groups in total. The SMILES string of the molecule is CC1NC(=O)CCN(Cc2ccc(F)c(Br)c2)C1=O. The minimum absolute atomic E-state index is 0.119. The summed E-state index contributed by atoms with van der Waals surface area (Å²) in [4.78, 5) is 25.1. The Morgan fingerprint density at radius 1 is 1.47 bits per heavy atom. The Hall–Kier alpha value is -1.43. The number of amides is 2. The molecule has 1 unspecified atom stereocenters. The molecule has 0 spiro atoms. The number of carbonyl (C=O) groups is 2. The van der Waals surface area contributed by atoms with E-state index in [1.54, 1.807) is 24.0 Å². The van der Waals surface area contributed by atoms with Crippen molar-refractivity contribution in [1.82, 2.24) is 10.2 Å². The van der Waals surface area contributed by atoms with Gasteiger partial charge < -0.3 is 10.2 Å². The average molecular weight is 329 g/mol. The van der Waals surface area contributed by atoms with Gasteiger partial charge in [-0.25, -0.2) is 4.39 Å². The van der Waals surface area contributed by atoms with Crippen molar-refractivity contribution in [3.05, 3.63) is 34.1 Å². The summed E-state index contributed by atoms with van der Waals surface area (Å²) < 4.78 is 13.5. The van der Waals surface area contributed by atoms with Gasteiger partial charge in [0.15, 0.2) is 0 Å². The van der Waals surface area contributed by atoms with E-state index in [2.05, 4.69) is 21.2 Å². The van der Waals surface area contributed by atoms with Crippen molar-refractivity contribution in [3.8, 4) is 0 Å². The Balaban J connectivity index is 2.14. The van der Waals surface area contributed by atoms with Crippen LogP contribution in [0.5, 0.6) is 0 Å². The molecule has 1 aliphatic heterocycles. The molecular formula is C13H14BrFN2O2. The maximum atomic E-state index is 13.2. The normalized spacial score (nSPS) is 20.2. The lowest BCUT2D eigenvalue weighted by Crippen LogP contribution is -2.42. The van der Waals surface area contributed by atoms with Crippen LogP contribution in [0.15, 0.2) is 22.7 Å². The predicted molar refractivity (Wildman–Crippen MR) is 71.7 cm³/mol. The Morgan fingerprint density at radius 2 is 2.21 bits per heavy atom. The quantitative estimate of drug-likeness (QED) is 0.900. The third-order valence-electron chi connectivity index (χ3n) is 3.03. The van der Waals surface area contributed by atoms with Gasteiger partial charge in [0.05, 0.1) is 4.47 Å². The zero-order chi connectivity index (χ0) is 14.0. The summed E-state index contributed by atoms with van der Waals surface area (Å²) in [6.45, 7) is 2.42. The molecule has 1 aromatic carbocycles. The third-order valence-corrected chi connectivity index (χ3v) is 3.63.